The van der Waals surface area contributed by atoms with E-state index in [1.807, 2.05) is 30.3 Å². The van der Waals surface area contributed by atoms with Crippen molar-refractivity contribution in [2.75, 3.05) is 0 Å². The SMILES string of the molecule is Cn1cncc1C(=O)N[C@@H](Cc1ccccc1)C(=O)O. The number of hydrogen-bond donors (Lipinski definition) is 2. The van der Waals surface area contributed by atoms with E-state index in [1.165, 1.54) is 17.1 Å². The number of nitrogens with zero attached hydrogens (tertiary/aromatic N) is 2. The molecule has 0 fully saturated rings. The van der Waals surface area contributed by atoms with E-state index in [9.17, 15) is 14.7 Å². The molecule has 0 unspecified atom stereocenters. The summed E-state index contributed by atoms with van der Waals surface area (Å²) in [4.78, 5) is 27.1. The second-order valence-corrected chi connectivity index (χ2v) is 4.44. The van der Waals surface area contributed by atoms with Crippen LogP contribution in [0.25, 0.3) is 0 Å². The first-order valence-electron chi connectivity index (χ1n) is 6.12. The Hall–Kier alpha value is -2.63. The van der Waals surface area contributed by atoms with Gasteiger partial charge in [0.25, 0.3) is 5.91 Å². The van der Waals surface area contributed by atoms with E-state index in [2.05, 4.69) is 10.3 Å². The zero-order valence-corrected chi connectivity index (χ0v) is 11.0. The van der Waals surface area contributed by atoms with Crippen molar-refractivity contribution in [1.82, 2.24) is 14.9 Å². The first-order valence-corrected chi connectivity index (χ1v) is 6.12. The molecule has 6 heteroatoms. The number of rotatable bonds is 5. The van der Waals surface area contributed by atoms with Crippen LogP contribution in [0.15, 0.2) is 42.9 Å². The number of aliphatic carboxylic acids is 1. The lowest BCUT2D eigenvalue weighted by atomic mass is 10.1. The molecule has 0 aliphatic heterocycles. The van der Waals surface area contributed by atoms with Crippen LogP contribution in [0.5, 0.6) is 0 Å². The molecule has 0 saturated carbocycles. The summed E-state index contributed by atoms with van der Waals surface area (Å²) in [6.07, 6.45) is 3.12. The molecule has 0 aliphatic carbocycles. The van der Waals surface area contributed by atoms with Crippen LogP contribution in [0, 0.1) is 0 Å². The van der Waals surface area contributed by atoms with Crippen LogP contribution in [0.4, 0.5) is 0 Å². The van der Waals surface area contributed by atoms with E-state index in [1.54, 1.807) is 7.05 Å². The molecule has 1 aromatic carbocycles. The Morgan fingerprint density at radius 2 is 2.05 bits per heavy atom. The fraction of sp³-hybridized carbons (Fsp3) is 0.214. The Morgan fingerprint density at radius 1 is 1.35 bits per heavy atom. The number of aromatic nitrogens is 2. The summed E-state index contributed by atoms with van der Waals surface area (Å²) in [7, 11) is 1.68. The molecule has 1 amide bonds. The summed E-state index contributed by atoms with van der Waals surface area (Å²) < 4.78 is 1.54. The molecule has 0 aliphatic rings. The van der Waals surface area contributed by atoms with Gasteiger partial charge in [-0.25, -0.2) is 9.78 Å². The van der Waals surface area contributed by atoms with Crippen molar-refractivity contribution in [3.8, 4) is 0 Å². The average Bonchev–Trinajstić information content (AvgIpc) is 2.85. The van der Waals surface area contributed by atoms with Gasteiger partial charge in [-0.15, -0.1) is 0 Å². The number of carboxylic acids is 1. The average molecular weight is 273 g/mol. The minimum absolute atomic E-state index is 0.236. The molecule has 6 nitrogen and oxygen atoms in total. The van der Waals surface area contributed by atoms with Gasteiger partial charge in [0.15, 0.2) is 0 Å². The highest BCUT2D eigenvalue weighted by atomic mass is 16.4. The maximum atomic E-state index is 12.0. The molecule has 20 heavy (non-hydrogen) atoms. The van der Waals surface area contributed by atoms with E-state index in [0.717, 1.165) is 5.56 Å². The third-order valence-electron chi connectivity index (χ3n) is 2.94. The maximum absolute atomic E-state index is 12.0. The summed E-state index contributed by atoms with van der Waals surface area (Å²) in [6, 6.07) is 8.19. The highest BCUT2D eigenvalue weighted by Crippen LogP contribution is 2.05. The van der Waals surface area contributed by atoms with Gasteiger partial charge in [0, 0.05) is 13.5 Å². The number of carbonyl (C=O) groups excluding carboxylic acids is 1. The number of benzene rings is 1. The van der Waals surface area contributed by atoms with E-state index in [4.69, 9.17) is 0 Å². The van der Waals surface area contributed by atoms with Crippen molar-refractivity contribution >= 4 is 11.9 Å². The van der Waals surface area contributed by atoms with Gasteiger partial charge in [-0.2, -0.15) is 0 Å². The molecule has 0 saturated heterocycles. The van der Waals surface area contributed by atoms with Gasteiger partial charge in [-0.3, -0.25) is 4.79 Å². The first-order chi connectivity index (χ1) is 9.58. The van der Waals surface area contributed by atoms with E-state index < -0.39 is 17.9 Å². The fourth-order valence-corrected chi connectivity index (χ4v) is 1.86. The predicted molar refractivity (Wildman–Crippen MR) is 72.2 cm³/mol. The maximum Gasteiger partial charge on any atom is 0.326 e. The van der Waals surface area contributed by atoms with Gasteiger partial charge in [-0.1, -0.05) is 30.3 Å². The molecule has 1 atom stereocenters. The monoisotopic (exact) mass is 273 g/mol. The number of carbonyl (C=O) groups is 2. The molecule has 0 spiro atoms. The summed E-state index contributed by atoms with van der Waals surface area (Å²) in [6.45, 7) is 0. The molecule has 1 heterocycles. The zero-order chi connectivity index (χ0) is 14.5. The Kier molecular flexibility index (Phi) is 4.14. The van der Waals surface area contributed by atoms with Crippen LogP contribution in [0.3, 0.4) is 0 Å². The molecule has 104 valence electrons. The summed E-state index contributed by atoms with van der Waals surface area (Å²) in [5.74, 6) is -1.52. The van der Waals surface area contributed by atoms with Gasteiger partial charge in [0.2, 0.25) is 0 Å². The van der Waals surface area contributed by atoms with E-state index in [-0.39, 0.29) is 6.42 Å². The van der Waals surface area contributed by atoms with Crippen molar-refractivity contribution in [1.29, 1.82) is 0 Å². The van der Waals surface area contributed by atoms with Crippen molar-refractivity contribution < 1.29 is 14.7 Å². The summed E-state index contributed by atoms with van der Waals surface area (Å²) in [5, 5.41) is 11.7. The van der Waals surface area contributed by atoms with Crippen LogP contribution in [0.2, 0.25) is 0 Å². The standard InChI is InChI=1S/C14H15N3O3/c1-17-9-15-8-12(17)13(18)16-11(14(19)20)7-10-5-3-2-4-6-10/h2-6,8-9,11H,7H2,1H3,(H,16,18)(H,19,20)/t11-/m0/s1. The molecule has 1 aromatic heterocycles. The Labute approximate surface area is 116 Å². The van der Waals surface area contributed by atoms with E-state index in [0.29, 0.717) is 5.69 Å². The number of amides is 1. The van der Waals surface area contributed by atoms with E-state index >= 15 is 0 Å². The summed E-state index contributed by atoms with van der Waals surface area (Å²) in [5.41, 5.74) is 1.18. The van der Waals surface area contributed by atoms with Gasteiger partial charge in [-0.05, 0) is 5.56 Å². The first kappa shape index (κ1) is 13.8. The normalized spacial score (nSPS) is 11.8. The predicted octanol–water partition coefficient (Wildman–Crippen LogP) is 0.846. The number of nitrogens with one attached hydrogen (secondary N) is 1. The number of carboxylic acid groups (broad SMARTS) is 1. The number of aryl methyl sites for hydroxylation is 1. The van der Waals surface area contributed by atoms with Crippen LogP contribution in [0.1, 0.15) is 16.1 Å². The lowest BCUT2D eigenvalue weighted by Gasteiger charge is -2.14. The van der Waals surface area contributed by atoms with Crippen LogP contribution in [-0.4, -0.2) is 32.6 Å². The highest BCUT2D eigenvalue weighted by Gasteiger charge is 2.22. The third-order valence-corrected chi connectivity index (χ3v) is 2.94. The second-order valence-electron chi connectivity index (χ2n) is 4.44. The highest BCUT2D eigenvalue weighted by molar-refractivity contribution is 5.95. The molecule has 0 bridgehead atoms. The van der Waals surface area contributed by atoms with Crippen LogP contribution < -0.4 is 5.32 Å². The van der Waals surface area contributed by atoms with Crippen molar-refractivity contribution in [3.63, 3.8) is 0 Å². The van der Waals surface area contributed by atoms with Gasteiger partial charge >= 0.3 is 5.97 Å². The molecule has 2 N–H and O–H groups in total. The van der Waals surface area contributed by atoms with Crippen molar-refractivity contribution in [2.45, 2.75) is 12.5 Å². The topological polar surface area (TPSA) is 84.2 Å². The van der Waals surface area contributed by atoms with Gasteiger partial charge in [0.05, 0.1) is 12.5 Å². The smallest absolute Gasteiger partial charge is 0.326 e. The third kappa shape index (κ3) is 3.23. The lowest BCUT2D eigenvalue weighted by molar-refractivity contribution is -0.139. The Bertz CT molecular complexity index is 607. The zero-order valence-electron chi connectivity index (χ0n) is 11.0. The quantitative estimate of drug-likeness (QED) is 0.845. The second kappa shape index (κ2) is 6.01. The largest absolute Gasteiger partial charge is 0.480 e. The fourth-order valence-electron chi connectivity index (χ4n) is 1.86. The molecule has 2 aromatic rings. The molecular weight excluding hydrogens is 258 g/mol. The van der Waals surface area contributed by atoms with Crippen molar-refractivity contribution in [2.24, 2.45) is 7.05 Å². The molecule has 0 radical (unpaired) electrons. The molecule has 2 rings (SSSR count). The number of imidazole rings is 1. The Morgan fingerprint density at radius 3 is 2.60 bits per heavy atom. The summed E-state index contributed by atoms with van der Waals surface area (Å²) >= 11 is 0. The van der Waals surface area contributed by atoms with Gasteiger partial charge in [0.1, 0.15) is 11.7 Å². The lowest BCUT2D eigenvalue weighted by Crippen LogP contribution is -2.42. The molecular formula is C14H15N3O3. The Balaban J connectivity index is 2.09. The number of hydrogen-bond acceptors (Lipinski definition) is 3. The van der Waals surface area contributed by atoms with Crippen molar-refractivity contribution in [3.05, 3.63) is 54.1 Å². The minimum atomic E-state index is -1.07. The van der Waals surface area contributed by atoms with Crippen LogP contribution in [-0.2, 0) is 18.3 Å². The van der Waals surface area contributed by atoms with Crippen LogP contribution >= 0.6 is 0 Å². The van der Waals surface area contributed by atoms with Gasteiger partial charge < -0.3 is 15.0 Å². The minimum Gasteiger partial charge on any atom is -0.480 e.